The van der Waals surface area contributed by atoms with Crippen molar-refractivity contribution in [3.63, 3.8) is 0 Å². The van der Waals surface area contributed by atoms with Crippen molar-refractivity contribution in [3.8, 4) is 11.5 Å². The molecule has 1 aliphatic rings. The lowest BCUT2D eigenvalue weighted by molar-refractivity contribution is -0.123. The lowest BCUT2D eigenvalue weighted by Gasteiger charge is -2.18. The van der Waals surface area contributed by atoms with Gasteiger partial charge in [0, 0.05) is 25.4 Å². The minimum atomic E-state index is -0.186. The molecule has 0 spiro atoms. The van der Waals surface area contributed by atoms with Crippen LogP contribution >= 0.6 is 11.8 Å². The first-order valence-electron chi connectivity index (χ1n) is 11.3. The molecule has 1 amide bonds. The minimum Gasteiger partial charge on any atom is -0.497 e. The van der Waals surface area contributed by atoms with Crippen molar-refractivity contribution in [2.75, 3.05) is 44.0 Å². The summed E-state index contributed by atoms with van der Waals surface area (Å²) in [6.45, 7) is 5.08. The summed E-state index contributed by atoms with van der Waals surface area (Å²) < 4.78 is 12.5. The Morgan fingerprint density at radius 2 is 1.91 bits per heavy atom. The van der Waals surface area contributed by atoms with Gasteiger partial charge in [-0.05, 0) is 43.5 Å². The molecule has 0 atom stereocenters. The number of carbonyl (C=O) groups excluding carboxylic acids is 1. The number of nitrogens with one attached hydrogen (secondary N) is 1. The third kappa shape index (κ3) is 5.87. The van der Waals surface area contributed by atoms with E-state index in [1.807, 2.05) is 10.9 Å². The molecule has 0 radical (unpaired) electrons. The molecule has 1 aromatic carbocycles. The van der Waals surface area contributed by atoms with Gasteiger partial charge in [-0.15, -0.1) is 0 Å². The van der Waals surface area contributed by atoms with Crippen molar-refractivity contribution >= 4 is 34.5 Å². The molecule has 0 saturated carbocycles. The molecule has 176 valence electrons. The zero-order chi connectivity index (χ0) is 23.0. The van der Waals surface area contributed by atoms with E-state index >= 15 is 0 Å². The average molecular weight is 471 g/mol. The molecular weight excluding hydrogens is 440 g/mol. The van der Waals surface area contributed by atoms with Crippen LogP contribution in [0.1, 0.15) is 26.2 Å². The Morgan fingerprint density at radius 3 is 2.64 bits per heavy atom. The molecule has 3 aromatic rings. The Bertz CT molecular complexity index is 1070. The first-order chi connectivity index (χ1) is 16.2. The Morgan fingerprint density at radius 1 is 1.15 bits per heavy atom. The van der Waals surface area contributed by atoms with Crippen molar-refractivity contribution in [2.45, 2.75) is 37.9 Å². The second-order valence-electron chi connectivity index (χ2n) is 7.79. The molecule has 3 heterocycles. The first-order valence-corrected chi connectivity index (χ1v) is 12.3. The van der Waals surface area contributed by atoms with Gasteiger partial charge >= 0.3 is 0 Å². The van der Waals surface area contributed by atoms with Gasteiger partial charge < -0.3 is 19.7 Å². The summed E-state index contributed by atoms with van der Waals surface area (Å²) in [5, 5.41) is 9.17. The molecule has 33 heavy (non-hydrogen) atoms. The molecule has 1 N–H and O–H groups in total. The fourth-order valence-corrected chi connectivity index (χ4v) is 4.37. The highest BCUT2D eigenvalue weighted by Crippen LogP contribution is 2.29. The van der Waals surface area contributed by atoms with Gasteiger partial charge in [-0.2, -0.15) is 5.10 Å². The van der Waals surface area contributed by atoms with Gasteiger partial charge in [-0.25, -0.2) is 14.6 Å². The molecule has 2 aromatic heterocycles. The second kappa shape index (κ2) is 11.2. The summed E-state index contributed by atoms with van der Waals surface area (Å²) in [5.41, 5.74) is 0.814. The minimum absolute atomic E-state index is 0.0503. The van der Waals surface area contributed by atoms with Crippen LogP contribution in [0.5, 0.6) is 11.5 Å². The Labute approximate surface area is 197 Å². The highest BCUT2D eigenvalue weighted by atomic mass is 32.2. The zero-order valence-corrected chi connectivity index (χ0v) is 19.9. The maximum atomic E-state index is 12.2. The Balaban J connectivity index is 1.37. The van der Waals surface area contributed by atoms with E-state index in [0.717, 1.165) is 53.0 Å². The molecular formula is C23H30N6O3S. The molecule has 9 nitrogen and oxygen atoms in total. The van der Waals surface area contributed by atoms with Crippen LogP contribution in [-0.4, -0.2) is 64.8 Å². The van der Waals surface area contributed by atoms with E-state index in [1.54, 1.807) is 43.1 Å². The number of hydrogen-bond donors (Lipinski definition) is 1. The molecule has 0 bridgehead atoms. The van der Waals surface area contributed by atoms with Gasteiger partial charge in [0.1, 0.15) is 17.3 Å². The van der Waals surface area contributed by atoms with Gasteiger partial charge in [0.25, 0.3) is 5.91 Å². The molecule has 1 aliphatic heterocycles. The number of rotatable bonds is 11. The standard InChI is InChI=1S/C23H30N6O3S/c1-3-14-33-23-26-21(28-11-4-5-12-28)19-15-25-29(22(19)27-23)13-10-24-20(30)16-32-18-8-6-17(31-2)7-9-18/h6-9,15H,3-5,10-14,16H2,1-2H3,(H,24,30). The number of thioether (sulfide) groups is 1. The molecule has 0 unspecified atom stereocenters. The van der Waals surface area contributed by atoms with E-state index < -0.39 is 0 Å². The fraction of sp³-hybridized carbons (Fsp3) is 0.478. The highest BCUT2D eigenvalue weighted by molar-refractivity contribution is 7.99. The summed E-state index contributed by atoms with van der Waals surface area (Å²) >= 11 is 1.67. The number of anilines is 1. The highest BCUT2D eigenvalue weighted by Gasteiger charge is 2.20. The maximum Gasteiger partial charge on any atom is 0.258 e. The summed E-state index contributed by atoms with van der Waals surface area (Å²) in [5.74, 6) is 3.12. The van der Waals surface area contributed by atoms with Crippen molar-refractivity contribution in [1.82, 2.24) is 25.1 Å². The summed E-state index contributed by atoms with van der Waals surface area (Å²) in [7, 11) is 1.61. The van der Waals surface area contributed by atoms with Gasteiger partial charge in [-0.1, -0.05) is 18.7 Å². The van der Waals surface area contributed by atoms with Crippen LogP contribution in [0.4, 0.5) is 5.82 Å². The predicted octanol–water partition coefficient (Wildman–Crippen LogP) is 3.13. The normalized spacial score (nSPS) is 13.5. The van der Waals surface area contributed by atoms with E-state index in [4.69, 9.17) is 19.4 Å². The third-order valence-corrected chi connectivity index (χ3v) is 6.42. The Hall–Kier alpha value is -3.01. The maximum absolute atomic E-state index is 12.2. The number of benzene rings is 1. The number of ether oxygens (including phenoxy) is 2. The van der Waals surface area contributed by atoms with E-state index in [-0.39, 0.29) is 12.5 Å². The number of aromatic nitrogens is 4. The molecule has 1 fully saturated rings. The number of carbonyl (C=O) groups is 1. The molecule has 0 aliphatic carbocycles. The van der Waals surface area contributed by atoms with Gasteiger partial charge in [0.2, 0.25) is 0 Å². The largest absolute Gasteiger partial charge is 0.497 e. The van der Waals surface area contributed by atoms with E-state index in [2.05, 4.69) is 22.2 Å². The topological polar surface area (TPSA) is 94.4 Å². The van der Waals surface area contributed by atoms with Gasteiger partial charge in [0.05, 0.1) is 25.2 Å². The van der Waals surface area contributed by atoms with Crippen molar-refractivity contribution in [3.05, 3.63) is 30.5 Å². The molecule has 1 saturated heterocycles. The summed E-state index contributed by atoms with van der Waals surface area (Å²) in [6, 6.07) is 7.13. The monoisotopic (exact) mass is 470 g/mol. The smallest absolute Gasteiger partial charge is 0.258 e. The van der Waals surface area contributed by atoms with Crippen LogP contribution in [0, 0.1) is 0 Å². The first kappa shape index (κ1) is 23.2. The Kier molecular flexibility index (Phi) is 7.87. The number of methoxy groups -OCH3 is 1. The van der Waals surface area contributed by atoms with E-state index in [1.165, 1.54) is 12.8 Å². The quantitative estimate of drug-likeness (QED) is 0.337. The van der Waals surface area contributed by atoms with Crippen LogP contribution in [0.15, 0.2) is 35.6 Å². The molecule has 4 rings (SSSR count). The number of hydrogen-bond acceptors (Lipinski definition) is 8. The summed E-state index contributed by atoms with van der Waals surface area (Å²) in [4.78, 5) is 24.1. The number of amides is 1. The van der Waals surface area contributed by atoms with Crippen LogP contribution in [0.2, 0.25) is 0 Å². The lowest BCUT2D eigenvalue weighted by atomic mass is 10.3. The van der Waals surface area contributed by atoms with Gasteiger partial charge in [-0.3, -0.25) is 4.79 Å². The summed E-state index contributed by atoms with van der Waals surface area (Å²) in [6.07, 6.45) is 5.27. The van der Waals surface area contributed by atoms with Crippen LogP contribution in [-0.2, 0) is 11.3 Å². The van der Waals surface area contributed by atoms with Crippen LogP contribution < -0.4 is 19.7 Å². The van der Waals surface area contributed by atoms with Crippen LogP contribution in [0.25, 0.3) is 11.0 Å². The average Bonchev–Trinajstić information content (AvgIpc) is 3.52. The zero-order valence-electron chi connectivity index (χ0n) is 19.1. The molecule has 10 heteroatoms. The van der Waals surface area contributed by atoms with Crippen LogP contribution in [0.3, 0.4) is 0 Å². The van der Waals surface area contributed by atoms with Crippen molar-refractivity contribution in [2.24, 2.45) is 0 Å². The predicted molar refractivity (Wildman–Crippen MR) is 129 cm³/mol. The fourth-order valence-electron chi connectivity index (χ4n) is 3.69. The van der Waals surface area contributed by atoms with Crippen molar-refractivity contribution in [1.29, 1.82) is 0 Å². The third-order valence-electron chi connectivity index (χ3n) is 5.37. The van der Waals surface area contributed by atoms with Gasteiger partial charge in [0.15, 0.2) is 17.4 Å². The van der Waals surface area contributed by atoms with Crippen molar-refractivity contribution < 1.29 is 14.3 Å². The number of fused-ring (bicyclic) bond motifs is 1. The SMILES string of the molecule is CCCSc1nc(N2CCCC2)c2cnn(CCNC(=O)COc3ccc(OC)cc3)c2n1. The van der Waals surface area contributed by atoms with E-state index in [0.29, 0.717) is 18.8 Å². The number of nitrogens with zero attached hydrogens (tertiary/aromatic N) is 5. The lowest BCUT2D eigenvalue weighted by Crippen LogP contribution is -2.31. The van der Waals surface area contributed by atoms with E-state index in [9.17, 15) is 4.79 Å². The second-order valence-corrected chi connectivity index (χ2v) is 8.85.